The van der Waals surface area contributed by atoms with Crippen LogP contribution in [0.3, 0.4) is 0 Å². The summed E-state index contributed by atoms with van der Waals surface area (Å²) in [6.07, 6.45) is 1.58. The molecule has 2 aromatic rings. The average Bonchev–Trinajstić information content (AvgIpc) is 2.87. The molecule has 0 radical (unpaired) electrons. The van der Waals surface area contributed by atoms with E-state index in [-0.39, 0.29) is 6.61 Å². The van der Waals surface area contributed by atoms with E-state index in [2.05, 4.69) is 20.2 Å². The molecule has 1 unspecified atom stereocenters. The van der Waals surface area contributed by atoms with E-state index in [4.69, 9.17) is 15.2 Å². The van der Waals surface area contributed by atoms with Crippen molar-refractivity contribution < 1.29 is 14.6 Å². The zero-order valence-corrected chi connectivity index (χ0v) is 13.7. The first-order valence-corrected chi connectivity index (χ1v) is 8.04. The fourth-order valence-electron chi connectivity index (χ4n) is 2.81. The van der Waals surface area contributed by atoms with Crippen LogP contribution in [0, 0.1) is 0 Å². The monoisotopic (exact) mass is 333 g/mol. The Balaban J connectivity index is 1.99. The van der Waals surface area contributed by atoms with Gasteiger partial charge in [0.25, 0.3) is 0 Å². The minimum Gasteiger partial charge on any atom is -0.493 e. The van der Waals surface area contributed by atoms with E-state index in [0.29, 0.717) is 11.5 Å². The largest absolute Gasteiger partial charge is 0.493 e. The molecule has 0 bridgehead atoms. The number of hydrogen-bond donors (Lipinski definition) is 3. The molecule has 1 saturated heterocycles. The van der Waals surface area contributed by atoms with Crippen LogP contribution in [-0.4, -0.2) is 61.2 Å². The van der Waals surface area contributed by atoms with Gasteiger partial charge in [0.05, 0.1) is 12.6 Å². The third-order valence-electron chi connectivity index (χ3n) is 3.95. The lowest BCUT2D eigenvalue weighted by molar-refractivity contribution is 0.111. The molecular formula is C16H23N5O3. The number of aliphatic hydroxyl groups excluding tert-OH is 1. The van der Waals surface area contributed by atoms with E-state index in [1.165, 1.54) is 0 Å². The van der Waals surface area contributed by atoms with Crippen molar-refractivity contribution in [2.24, 2.45) is 5.73 Å². The van der Waals surface area contributed by atoms with Crippen LogP contribution in [0.2, 0.25) is 0 Å². The van der Waals surface area contributed by atoms with E-state index in [0.717, 1.165) is 49.3 Å². The molecule has 8 heteroatoms. The molecule has 130 valence electrons. The highest BCUT2D eigenvalue weighted by Crippen LogP contribution is 2.35. The smallest absolute Gasteiger partial charge is 0.163 e. The molecule has 0 aliphatic carbocycles. The second kappa shape index (κ2) is 7.61. The highest BCUT2D eigenvalue weighted by molar-refractivity contribution is 5.92. The minimum atomic E-state index is -1.05. The fourth-order valence-corrected chi connectivity index (χ4v) is 2.81. The second-order valence-electron chi connectivity index (χ2n) is 5.69. The molecule has 0 amide bonds. The van der Waals surface area contributed by atoms with Gasteiger partial charge in [-0.2, -0.15) is 0 Å². The lowest BCUT2D eigenvalue weighted by Gasteiger charge is -2.23. The van der Waals surface area contributed by atoms with Crippen LogP contribution in [0.1, 0.15) is 6.42 Å². The van der Waals surface area contributed by atoms with Crippen molar-refractivity contribution in [1.82, 2.24) is 15.3 Å². The number of rotatable bonds is 5. The summed E-state index contributed by atoms with van der Waals surface area (Å²) >= 11 is 0. The predicted molar refractivity (Wildman–Crippen MR) is 91.5 cm³/mol. The molecule has 8 nitrogen and oxygen atoms in total. The molecule has 3 rings (SSSR count). The molecule has 1 aromatic heterocycles. The number of aliphatic hydroxyl groups is 1. The van der Waals surface area contributed by atoms with Crippen LogP contribution in [-0.2, 0) is 0 Å². The van der Waals surface area contributed by atoms with Gasteiger partial charge in [-0.25, -0.2) is 9.97 Å². The summed E-state index contributed by atoms with van der Waals surface area (Å²) in [7, 11) is 1.58. The fraction of sp³-hybridized carbons (Fsp3) is 0.500. The van der Waals surface area contributed by atoms with Gasteiger partial charge in [0, 0.05) is 31.1 Å². The van der Waals surface area contributed by atoms with Gasteiger partial charge in [-0.1, -0.05) is 0 Å². The summed E-state index contributed by atoms with van der Waals surface area (Å²) in [4.78, 5) is 11.1. The molecular weight excluding hydrogens is 310 g/mol. The van der Waals surface area contributed by atoms with Crippen LogP contribution in [0.5, 0.6) is 11.5 Å². The number of nitrogens with zero attached hydrogens (tertiary/aromatic N) is 3. The summed E-state index contributed by atoms with van der Waals surface area (Å²) < 4.78 is 10.9. The summed E-state index contributed by atoms with van der Waals surface area (Å²) in [6, 6.07) is 3.67. The summed E-state index contributed by atoms with van der Waals surface area (Å²) in [6.45, 7) is 3.77. The zero-order chi connectivity index (χ0) is 16.9. The van der Waals surface area contributed by atoms with Crippen molar-refractivity contribution in [3.8, 4) is 11.5 Å². The number of hydrogen-bond acceptors (Lipinski definition) is 8. The molecule has 1 aliphatic rings. The normalized spacial score (nSPS) is 16.7. The number of nitrogens with one attached hydrogen (secondary N) is 1. The number of methoxy groups -OCH3 is 1. The van der Waals surface area contributed by atoms with Crippen LogP contribution < -0.4 is 25.4 Å². The first kappa shape index (κ1) is 16.7. The molecule has 1 aromatic carbocycles. The van der Waals surface area contributed by atoms with Gasteiger partial charge in [0.1, 0.15) is 25.0 Å². The summed E-state index contributed by atoms with van der Waals surface area (Å²) in [5.41, 5.74) is 6.10. The van der Waals surface area contributed by atoms with Crippen LogP contribution in [0.4, 0.5) is 5.82 Å². The average molecular weight is 333 g/mol. The molecule has 1 fully saturated rings. The Hall–Kier alpha value is -2.16. The van der Waals surface area contributed by atoms with Gasteiger partial charge in [0.2, 0.25) is 0 Å². The standard InChI is InChI=1S/C16H23N5O3/c1-23-13-7-11-12(8-14(13)24-9-15(17)22)19-10-20-16(11)21-5-2-3-18-4-6-21/h7-8,10,15,18,22H,2-6,9,17H2,1H3. The van der Waals surface area contributed by atoms with Crippen LogP contribution in [0.15, 0.2) is 18.5 Å². The van der Waals surface area contributed by atoms with Gasteiger partial charge in [-0.3, -0.25) is 0 Å². The highest BCUT2D eigenvalue weighted by atomic mass is 16.5. The SMILES string of the molecule is COc1cc2c(N3CCCNCC3)ncnc2cc1OCC(N)O. The molecule has 24 heavy (non-hydrogen) atoms. The van der Waals surface area contributed by atoms with Crippen molar-refractivity contribution in [2.45, 2.75) is 12.6 Å². The van der Waals surface area contributed by atoms with E-state index < -0.39 is 6.23 Å². The topological polar surface area (TPSA) is 106 Å². The number of fused-ring (bicyclic) bond motifs is 1. The van der Waals surface area contributed by atoms with Gasteiger partial charge in [-0.05, 0) is 19.0 Å². The minimum absolute atomic E-state index is 0.0163. The van der Waals surface area contributed by atoms with Gasteiger partial charge < -0.3 is 30.5 Å². The number of benzene rings is 1. The van der Waals surface area contributed by atoms with Gasteiger partial charge in [-0.15, -0.1) is 0 Å². The van der Waals surface area contributed by atoms with Crippen molar-refractivity contribution in [3.63, 3.8) is 0 Å². The molecule has 1 aliphatic heterocycles. The first-order chi connectivity index (χ1) is 11.7. The maximum atomic E-state index is 9.21. The Morgan fingerprint density at radius 1 is 1.29 bits per heavy atom. The predicted octanol–water partition coefficient (Wildman–Crippen LogP) is 0.0940. The molecule has 4 N–H and O–H groups in total. The van der Waals surface area contributed by atoms with Crippen LogP contribution in [0.25, 0.3) is 10.9 Å². The Morgan fingerprint density at radius 2 is 2.17 bits per heavy atom. The second-order valence-corrected chi connectivity index (χ2v) is 5.69. The molecule has 2 heterocycles. The zero-order valence-electron chi connectivity index (χ0n) is 13.7. The maximum Gasteiger partial charge on any atom is 0.163 e. The lowest BCUT2D eigenvalue weighted by Crippen LogP contribution is -2.28. The summed E-state index contributed by atoms with van der Waals surface area (Å²) in [5.74, 6) is 1.95. The number of aromatic nitrogens is 2. The number of nitrogens with two attached hydrogens (primary N) is 1. The van der Waals surface area contributed by atoms with Crippen molar-refractivity contribution in [3.05, 3.63) is 18.5 Å². The lowest BCUT2D eigenvalue weighted by atomic mass is 10.2. The summed E-state index contributed by atoms with van der Waals surface area (Å²) in [5, 5.41) is 13.5. The van der Waals surface area contributed by atoms with Gasteiger partial charge in [0.15, 0.2) is 11.5 Å². The van der Waals surface area contributed by atoms with E-state index in [1.54, 1.807) is 19.5 Å². The van der Waals surface area contributed by atoms with Gasteiger partial charge >= 0.3 is 0 Å². The molecule has 1 atom stereocenters. The van der Waals surface area contributed by atoms with Crippen molar-refractivity contribution in [1.29, 1.82) is 0 Å². The van der Waals surface area contributed by atoms with Crippen molar-refractivity contribution in [2.75, 3.05) is 44.8 Å². The Labute approximate surface area is 140 Å². The van der Waals surface area contributed by atoms with Crippen LogP contribution >= 0.6 is 0 Å². The number of anilines is 1. The Bertz CT molecular complexity index is 687. The third-order valence-corrected chi connectivity index (χ3v) is 3.95. The van der Waals surface area contributed by atoms with E-state index in [9.17, 15) is 5.11 Å². The Kier molecular flexibility index (Phi) is 5.29. The number of ether oxygens (including phenoxy) is 2. The molecule has 0 saturated carbocycles. The van der Waals surface area contributed by atoms with E-state index >= 15 is 0 Å². The third kappa shape index (κ3) is 3.66. The maximum absolute atomic E-state index is 9.21. The van der Waals surface area contributed by atoms with Crippen molar-refractivity contribution >= 4 is 16.7 Å². The quantitative estimate of drug-likeness (QED) is 0.661. The molecule has 0 spiro atoms. The highest BCUT2D eigenvalue weighted by Gasteiger charge is 2.17. The van der Waals surface area contributed by atoms with E-state index in [1.807, 2.05) is 6.07 Å². The Morgan fingerprint density at radius 3 is 2.96 bits per heavy atom. The first-order valence-electron chi connectivity index (χ1n) is 8.04.